The summed E-state index contributed by atoms with van der Waals surface area (Å²) in [6.45, 7) is 7.96. The van der Waals surface area contributed by atoms with Gasteiger partial charge >= 0.3 is 5.97 Å². The Morgan fingerprint density at radius 1 is 1.53 bits per heavy atom. The molecule has 5 heteroatoms. The Bertz CT molecular complexity index is 225. The van der Waals surface area contributed by atoms with E-state index in [0.717, 1.165) is 0 Å². The first-order valence-corrected chi connectivity index (χ1v) is 4.60. The number of rotatable bonds is 8. The average molecular weight is 215 g/mol. The quantitative estimate of drug-likeness (QED) is 0.357. The summed E-state index contributed by atoms with van der Waals surface area (Å²) in [6, 6.07) is 0. The van der Waals surface area contributed by atoms with Gasteiger partial charge < -0.3 is 14.8 Å². The Labute approximate surface area is 89.4 Å². The van der Waals surface area contributed by atoms with Crippen molar-refractivity contribution in [2.24, 2.45) is 0 Å². The van der Waals surface area contributed by atoms with Crippen LogP contribution in [0.1, 0.15) is 13.8 Å². The molecule has 0 bridgehead atoms. The van der Waals surface area contributed by atoms with Crippen LogP contribution in [0.2, 0.25) is 0 Å². The van der Waals surface area contributed by atoms with Crippen LogP contribution in [0.3, 0.4) is 0 Å². The van der Waals surface area contributed by atoms with Gasteiger partial charge in [0.1, 0.15) is 12.2 Å². The van der Waals surface area contributed by atoms with Gasteiger partial charge in [0.25, 0.3) is 6.47 Å². The van der Waals surface area contributed by atoms with Gasteiger partial charge in [-0.1, -0.05) is 12.7 Å². The van der Waals surface area contributed by atoms with Gasteiger partial charge in [-0.15, -0.1) is 0 Å². The topological polar surface area (TPSA) is 64.6 Å². The van der Waals surface area contributed by atoms with Gasteiger partial charge in [0.05, 0.1) is 6.54 Å². The van der Waals surface area contributed by atoms with Crippen molar-refractivity contribution in [3.8, 4) is 0 Å². The fourth-order valence-corrected chi connectivity index (χ4v) is 0.840. The van der Waals surface area contributed by atoms with E-state index in [9.17, 15) is 9.59 Å². The lowest BCUT2D eigenvalue weighted by molar-refractivity contribution is -0.142. The molecule has 1 N–H and O–H groups in total. The molecule has 0 fully saturated rings. The second-order valence-corrected chi connectivity index (χ2v) is 3.55. The van der Waals surface area contributed by atoms with Crippen LogP contribution in [0, 0.1) is 0 Å². The lowest BCUT2D eigenvalue weighted by atomic mass is 10.1. The van der Waals surface area contributed by atoms with Crippen molar-refractivity contribution in [1.29, 1.82) is 0 Å². The van der Waals surface area contributed by atoms with E-state index in [2.05, 4.69) is 11.9 Å². The first-order valence-electron chi connectivity index (χ1n) is 4.60. The van der Waals surface area contributed by atoms with Gasteiger partial charge in [-0.05, 0) is 13.8 Å². The molecule has 15 heavy (non-hydrogen) atoms. The molecule has 0 atom stereocenters. The third-order valence-electron chi connectivity index (χ3n) is 1.55. The van der Waals surface area contributed by atoms with Crippen LogP contribution in [0.4, 0.5) is 0 Å². The molecular weight excluding hydrogens is 198 g/mol. The Balaban J connectivity index is 3.64. The molecule has 0 radical (unpaired) electrons. The average Bonchev–Trinajstić information content (AvgIpc) is 2.14. The highest BCUT2D eigenvalue weighted by Crippen LogP contribution is 2.04. The highest BCUT2D eigenvalue weighted by Gasteiger charge is 2.18. The molecule has 0 rings (SSSR count). The van der Waals surface area contributed by atoms with E-state index in [1.165, 1.54) is 6.08 Å². The Kier molecular flexibility index (Phi) is 6.37. The Morgan fingerprint density at radius 2 is 2.20 bits per heavy atom. The number of carbonyl (C=O) groups excluding carboxylic acids is 2. The summed E-state index contributed by atoms with van der Waals surface area (Å²) in [4.78, 5) is 21.1. The van der Waals surface area contributed by atoms with Gasteiger partial charge in [-0.25, -0.2) is 0 Å². The van der Waals surface area contributed by atoms with Crippen molar-refractivity contribution in [2.45, 2.75) is 19.4 Å². The molecule has 0 saturated heterocycles. The third-order valence-corrected chi connectivity index (χ3v) is 1.55. The van der Waals surface area contributed by atoms with Crippen LogP contribution in [0.25, 0.3) is 0 Å². The number of hydrogen-bond donors (Lipinski definition) is 1. The van der Waals surface area contributed by atoms with E-state index in [-0.39, 0.29) is 19.1 Å². The lowest BCUT2D eigenvalue weighted by Gasteiger charge is -2.22. The molecule has 0 aromatic rings. The van der Waals surface area contributed by atoms with Crippen LogP contribution in [-0.4, -0.2) is 37.7 Å². The first-order chi connectivity index (χ1) is 7.02. The fourth-order valence-electron chi connectivity index (χ4n) is 0.840. The smallest absolute Gasteiger partial charge is 0.320 e. The lowest BCUT2D eigenvalue weighted by Crippen LogP contribution is -2.39. The summed E-state index contributed by atoms with van der Waals surface area (Å²) in [7, 11) is 0. The minimum atomic E-state index is -0.625. The van der Waals surface area contributed by atoms with E-state index in [4.69, 9.17) is 9.47 Å². The first kappa shape index (κ1) is 13.6. The standard InChI is InChI=1S/C10H17NO4/c1-4-5-14-9(13)6-11-7-10(2,3)15-8-12/h4,8,11H,1,5-7H2,2-3H3. The Morgan fingerprint density at radius 3 is 2.73 bits per heavy atom. The molecule has 0 aromatic carbocycles. The number of ether oxygens (including phenoxy) is 2. The van der Waals surface area contributed by atoms with E-state index in [0.29, 0.717) is 13.0 Å². The summed E-state index contributed by atoms with van der Waals surface area (Å²) < 4.78 is 9.52. The maximum atomic E-state index is 11.0. The van der Waals surface area contributed by atoms with Crippen LogP contribution >= 0.6 is 0 Å². The molecular formula is C10H17NO4. The Hall–Kier alpha value is -1.36. The SMILES string of the molecule is C=CCOC(=O)CNCC(C)(C)OC=O. The van der Waals surface area contributed by atoms with Gasteiger partial charge in [-0.3, -0.25) is 9.59 Å². The zero-order chi connectivity index (χ0) is 11.7. The molecule has 0 heterocycles. The van der Waals surface area contributed by atoms with Crippen LogP contribution in [0.5, 0.6) is 0 Å². The highest BCUT2D eigenvalue weighted by atomic mass is 16.5. The molecule has 0 aliphatic heterocycles. The molecule has 0 spiro atoms. The molecule has 0 amide bonds. The second-order valence-electron chi connectivity index (χ2n) is 3.55. The summed E-state index contributed by atoms with van der Waals surface area (Å²) >= 11 is 0. The maximum Gasteiger partial charge on any atom is 0.320 e. The second kappa shape index (κ2) is 7.00. The van der Waals surface area contributed by atoms with Gasteiger partial charge in [0.2, 0.25) is 0 Å². The zero-order valence-electron chi connectivity index (χ0n) is 9.12. The van der Waals surface area contributed by atoms with Crippen LogP contribution in [-0.2, 0) is 19.1 Å². The summed E-state index contributed by atoms with van der Waals surface area (Å²) in [5.41, 5.74) is -0.625. The maximum absolute atomic E-state index is 11.0. The predicted octanol–water partition coefficient (Wildman–Crippen LogP) is 0.257. The van der Waals surface area contributed by atoms with Crippen molar-refractivity contribution < 1.29 is 19.1 Å². The molecule has 86 valence electrons. The van der Waals surface area contributed by atoms with Gasteiger partial charge in [0, 0.05) is 6.54 Å². The minimum absolute atomic E-state index is 0.0828. The predicted molar refractivity (Wildman–Crippen MR) is 55.3 cm³/mol. The minimum Gasteiger partial charge on any atom is -0.461 e. The van der Waals surface area contributed by atoms with E-state index in [1.807, 2.05) is 0 Å². The van der Waals surface area contributed by atoms with E-state index < -0.39 is 5.60 Å². The largest absolute Gasteiger partial charge is 0.461 e. The monoisotopic (exact) mass is 215 g/mol. The molecule has 0 unspecified atom stereocenters. The van der Waals surface area contributed by atoms with Gasteiger partial charge in [0.15, 0.2) is 0 Å². The molecule has 0 aromatic heterocycles. The molecule has 0 saturated carbocycles. The molecule has 0 aliphatic carbocycles. The molecule has 0 aliphatic rings. The summed E-state index contributed by atoms with van der Waals surface area (Å²) in [5.74, 6) is -0.364. The number of carbonyl (C=O) groups is 2. The van der Waals surface area contributed by atoms with Crippen molar-refractivity contribution >= 4 is 12.4 Å². The summed E-state index contributed by atoms with van der Waals surface area (Å²) in [5, 5.41) is 2.83. The summed E-state index contributed by atoms with van der Waals surface area (Å²) in [6.07, 6.45) is 1.50. The fraction of sp³-hybridized carbons (Fsp3) is 0.600. The van der Waals surface area contributed by atoms with E-state index >= 15 is 0 Å². The van der Waals surface area contributed by atoms with E-state index in [1.54, 1.807) is 13.8 Å². The number of hydrogen-bond acceptors (Lipinski definition) is 5. The number of esters is 1. The molecule has 5 nitrogen and oxygen atoms in total. The normalized spacial score (nSPS) is 10.5. The van der Waals surface area contributed by atoms with Crippen LogP contribution in [0.15, 0.2) is 12.7 Å². The van der Waals surface area contributed by atoms with Gasteiger partial charge in [-0.2, -0.15) is 0 Å². The van der Waals surface area contributed by atoms with Crippen molar-refractivity contribution in [2.75, 3.05) is 19.7 Å². The van der Waals surface area contributed by atoms with Crippen LogP contribution < -0.4 is 5.32 Å². The van der Waals surface area contributed by atoms with Crippen molar-refractivity contribution in [1.82, 2.24) is 5.32 Å². The van der Waals surface area contributed by atoms with Crippen molar-refractivity contribution in [3.63, 3.8) is 0 Å². The third kappa shape index (κ3) is 7.69. The number of nitrogens with one attached hydrogen (secondary N) is 1. The highest BCUT2D eigenvalue weighted by molar-refractivity contribution is 5.71. The van der Waals surface area contributed by atoms with Crippen molar-refractivity contribution in [3.05, 3.63) is 12.7 Å². The zero-order valence-corrected chi connectivity index (χ0v) is 9.12.